The molecule has 2 aromatic rings. The molecule has 0 nitrogen and oxygen atoms in total. The van der Waals surface area contributed by atoms with E-state index in [9.17, 15) is 0 Å². The first-order valence-electron chi connectivity index (χ1n) is 5.28. The van der Waals surface area contributed by atoms with E-state index in [1.54, 1.807) is 11.3 Å². The number of hydrogen-bond donors (Lipinski definition) is 0. The molecule has 0 bridgehead atoms. The van der Waals surface area contributed by atoms with E-state index < -0.39 is 0 Å². The number of hydrogen-bond acceptors (Lipinski definition) is 1. The maximum Gasteiger partial charge on any atom is 0.0349 e. The first-order valence-corrected chi connectivity index (χ1v) is 6.63. The summed E-state index contributed by atoms with van der Waals surface area (Å²) in [5.74, 6) is 0.688. The van der Waals surface area contributed by atoms with Gasteiger partial charge in [0.15, 0.2) is 0 Å². The normalized spacial score (nSPS) is 11.1. The lowest BCUT2D eigenvalue weighted by Crippen LogP contribution is -1.67. The van der Waals surface area contributed by atoms with Crippen molar-refractivity contribution in [3.05, 3.63) is 53.4 Å². The third kappa shape index (κ3) is 2.97. The van der Waals surface area contributed by atoms with Crippen LogP contribution in [0.15, 0.2) is 48.5 Å². The topological polar surface area (TPSA) is 0 Å². The van der Waals surface area contributed by atoms with Crippen LogP contribution in [0.2, 0.25) is 0 Å². The van der Waals surface area contributed by atoms with E-state index in [-0.39, 0.29) is 0 Å². The Morgan fingerprint density at radius 2 is 1.88 bits per heavy atom. The second-order valence-electron chi connectivity index (χ2n) is 3.45. The third-order valence-electron chi connectivity index (χ3n) is 2.24. The highest BCUT2D eigenvalue weighted by atomic mass is 35.5. The number of halogens is 1. The average Bonchev–Trinajstić information content (AvgIpc) is 2.79. The van der Waals surface area contributed by atoms with Crippen LogP contribution >= 0.6 is 22.9 Å². The Morgan fingerprint density at radius 3 is 2.62 bits per heavy atom. The summed E-state index contributed by atoms with van der Waals surface area (Å²) in [6.45, 7) is 0. The van der Waals surface area contributed by atoms with Gasteiger partial charge in [0, 0.05) is 15.6 Å². The highest BCUT2D eigenvalue weighted by Gasteiger charge is 1.99. The minimum atomic E-state index is 0.688. The predicted octanol–water partition coefficient (Wildman–Crippen LogP) is 5.06. The molecule has 0 atom stereocenters. The largest absolute Gasteiger partial charge is 0.136 e. The van der Waals surface area contributed by atoms with Crippen LogP contribution in [0.3, 0.4) is 0 Å². The molecule has 0 saturated heterocycles. The highest BCUT2D eigenvalue weighted by molar-refractivity contribution is 7.16. The zero-order chi connectivity index (χ0) is 11.2. The van der Waals surface area contributed by atoms with Crippen molar-refractivity contribution in [3.8, 4) is 10.4 Å². The Morgan fingerprint density at radius 1 is 1.06 bits per heavy atom. The van der Waals surface area contributed by atoms with Gasteiger partial charge < -0.3 is 0 Å². The fourth-order valence-corrected chi connectivity index (χ4v) is 2.53. The van der Waals surface area contributed by atoms with Crippen molar-refractivity contribution in [1.29, 1.82) is 0 Å². The molecule has 0 amide bonds. The molecule has 2 heteroatoms. The lowest BCUT2D eigenvalue weighted by atomic mass is 10.2. The van der Waals surface area contributed by atoms with Crippen molar-refractivity contribution in [3.63, 3.8) is 0 Å². The fourth-order valence-electron chi connectivity index (χ4n) is 1.46. The van der Waals surface area contributed by atoms with Gasteiger partial charge in [-0.3, -0.25) is 0 Å². The molecule has 1 aromatic heterocycles. The predicted molar refractivity (Wildman–Crippen MR) is 74.1 cm³/mol. The van der Waals surface area contributed by atoms with Gasteiger partial charge in [0.1, 0.15) is 0 Å². The van der Waals surface area contributed by atoms with Gasteiger partial charge in [0.05, 0.1) is 0 Å². The molecule has 0 aliphatic carbocycles. The van der Waals surface area contributed by atoms with Crippen LogP contribution in [0.5, 0.6) is 0 Å². The summed E-state index contributed by atoms with van der Waals surface area (Å²) < 4.78 is 0. The standard InChI is InChI=1S/C14H13ClS/c15-11-5-4-8-13-9-10-14(16-13)12-6-2-1-3-7-12/h1-4,6-10H,5,11H2. The van der Waals surface area contributed by atoms with E-state index in [4.69, 9.17) is 11.6 Å². The zero-order valence-corrected chi connectivity index (χ0v) is 10.5. The molecule has 0 N–H and O–H groups in total. The van der Waals surface area contributed by atoms with Gasteiger partial charge in [-0.05, 0) is 30.2 Å². The molecular formula is C14H13ClS. The van der Waals surface area contributed by atoms with Crippen LogP contribution in [0.4, 0.5) is 0 Å². The second-order valence-corrected chi connectivity index (χ2v) is 4.94. The van der Waals surface area contributed by atoms with Crippen LogP contribution in [-0.2, 0) is 0 Å². The SMILES string of the molecule is ClCCC=Cc1ccc(-c2ccccc2)s1. The molecular weight excluding hydrogens is 236 g/mol. The van der Waals surface area contributed by atoms with Crippen molar-refractivity contribution >= 4 is 29.0 Å². The minimum absolute atomic E-state index is 0.688. The van der Waals surface area contributed by atoms with E-state index in [1.807, 2.05) is 6.07 Å². The summed E-state index contributed by atoms with van der Waals surface area (Å²) in [4.78, 5) is 2.59. The summed E-state index contributed by atoms with van der Waals surface area (Å²) in [5.41, 5.74) is 1.28. The van der Waals surface area contributed by atoms with Crippen molar-refractivity contribution in [2.75, 3.05) is 5.88 Å². The molecule has 0 aliphatic heterocycles. The van der Waals surface area contributed by atoms with Crippen LogP contribution in [0.1, 0.15) is 11.3 Å². The molecule has 1 heterocycles. The summed E-state index contributed by atoms with van der Waals surface area (Å²) in [5, 5.41) is 0. The maximum atomic E-state index is 5.62. The van der Waals surface area contributed by atoms with Crippen molar-refractivity contribution in [2.24, 2.45) is 0 Å². The number of thiophene rings is 1. The molecule has 16 heavy (non-hydrogen) atoms. The molecule has 2 rings (SSSR count). The summed E-state index contributed by atoms with van der Waals surface area (Å²) in [7, 11) is 0. The van der Waals surface area contributed by atoms with E-state index in [0.29, 0.717) is 5.88 Å². The van der Waals surface area contributed by atoms with Gasteiger partial charge >= 0.3 is 0 Å². The quantitative estimate of drug-likeness (QED) is 0.664. The second kappa shape index (κ2) is 5.88. The van der Waals surface area contributed by atoms with Crippen molar-refractivity contribution in [2.45, 2.75) is 6.42 Å². The molecule has 82 valence electrons. The van der Waals surface area contributed by atoms with Gasteiger partial charge in [0.25, 0.3) is 0 Å². The first-order chi connectivity index (χ1) is 7.90. The van der Waals surface area contributed by atoms with Gasteiger partial charge in [0.2, 0.25) is 0 Å². The van der Waals surface area contributed by atoms with Gasteiger partial charge in [-0.1, -0.05) is 36.4 Å². The molecule has 0 spiro atoms. The number of rotatable bonds is 4. The van der Waals surface area contributed by atoms with E-state index in [0.717, 1.165) is 6.42 Å². The van der Waals surface area contributed by atoms with Crippen LogP contribution in [-0.4, -0.2) is 5.88 Å². The monoisotopic (exact) mass is 248 g/mol. The van der Waals surface area contributed by atoms with Crippen molar-refractivity contribution < 1.29 is 0 Å². The smallest absolute Gasteiger partial charge is 0.0349 e. The van der Waals surface area contributed by atoms with E-state index >= 15 is 0 Å². The van der Waals surface area contributed by atoms with Gasteiger partial charge in [-0.15, -0.1) is 22.9 Å². The van der Waals surface area contributed by atoms with Gasteiger partial charge in [-0.25, -0.2) is 0 Å². The Hall–Kier alpha value is -1.05. The lowest BCUT2D eigenvalue weighted by Gasteiger charge is -1.94. The average molecular weight is 249 g/mol. The maximum absolute atomic E-state index is 5.62. The van der Waals surface area contributed by atoms with E-state index in [2.05, 4.69) is 48.6 Å². The molecule has 1 aromatic carbocycles. The number of alkyl halides is 1. The Balaban J connectivity index is 2.14. The molecule has 0 aliphatic rings. The third-order valence-corrected chi connectivity index (χ3v) is 3.56. The molecule has 0 fully saturated rings. The van der Waals surface area contributed by atoms with E-state index in [1.165, 1.54) is 15.3 Å². The Labute approximate surface area is 105 Å². The minimum Gasteiger partial charge on any atom is -0.136 e. The fraction of sp³-hybridized carbons (Fsp3) is 0.143. The Kier molecular flexibility index (Phi) is 4.20. The highest BCUT2D eigenvalue weighted by Crippen LogP contribution is 2.28. The number of allylic oxidation sites excluding steroid dienone is 1. The van der Waals surface area contributed by atoms with Crippen molar-refractivity contribution in [1.82, 2.24) is 0 Å². The summed E-state index contributed by atoms with van der Waals surface area (Å²) in [6.07, 6.45) is 5.19. The lowest BCUT2D eigenvalue weighted by molar-refractivity contribution is 1.25. The first kappa shape index (κ1) is 11.4. The van der Waals surface area contributed by atoms with Crippen LogP contribution in [0.25, 0.3) is 16.5 Å². The number of benzene rings is 1. The summed E-state index contributed by atoms with van der Waals surface area (Å²) >= 11 is 7.43. The molecule has 0 unspecified atom stereocenters. The van der Waals surface area contributed by atoms with Crippen LogP contribution < -0.4 is 0 Å². The summed E-state index contributed by atoms with van der Waals surface area (Å²) in [6, 6.07) is 14.8. The zero-order valence-electron chi connectivity index (χ0n) is 8.90. The molecule has 0 saturated carbocycles. The van der Waals surface area contributed by atoms with Gasteiger partial charge in [-0.2, -0.15) is 0 Å². The Bertz CT molecular complexity index is 457. The molecule has 0 radical (unpaired) electrons. The van der Waals surface area contributed by atoms with Crippen LogP contribution in [0, 0.1) is 0 Å².